The Morgan fingerprint density at radius 1 is 0.833 bits per heavy atom. The van der Waals surface area contributed by atoms with Crippen LogP contribution in [0.2, 0.25) is 0 Å². The standard InChI is InChI=1S/C25H33N3O2/c1-18-8-9-19(2)28(18)23-12-10-20(11-13-23)24(29)26-22-14-16-27(17-15-22)25(30)21-6-4-3-5-7-21/h8-13,21-22H,3-7,14-17H2,1-2H3,(H,26,29). The summed E-state index contributed by atoms with van der Waals surface area (Å²) in [4.78, 5) is 27.4. The Labute approximate surface area is 179 Å². The summed E-state index contributed by atoms with van der Waals surface area (Å²) >= 11 is 0. The molecule has 0 unspecified atom stereocenters. The van der Waals surface area contributed by atoms with E-state index >= 15 is 0 Å². The number of hydrogen-bond donors (Lipinski definition) is 1. The van der Waals surface area contributed by atoms with Crippen LogP contribution in [-0.4, -0.2) is 40.4 Å². The number of carbonyl (C=O) groups excluding carboxylic acids is 2. The third-order valence-electron chi connectivity index (χ3n) is 6.76. The van der Waals surface area contributed by atoms with Crippen LogP contribution in [0.15, 0.2) is 36.4 Å². The zero-order valence-corrected chi connectivity index (χ0v) is 18.2. The Morgan fingerprint density at radius 3 is 2.03 bits per heavy atom. The fourth-order valence-electron chi connectivity index (χ4n) is 4.96. The Morgan fingerprint density at radius 2 is 1.43 bits per heavy atom. The van der Waals surface area contributed by atoms with Crippen molar-refractivity contribution in [3.8, 4) is 5.69 Å². The molecular weight excluding hydrogens is 374 g/mol. The van der Waals surface area contributed by atoms with E-state index < -0.39 is 0 Å². The fraction of sp³-hybridized carbons (Fsp3) is 0.520. The summed E-state index contributed by atoms with van der Waals surface area (Å²) in [5, 5.41) is 3.17. The monoisotopic (exact) mass is 407 g/mol. The highest BCUT2D eigenvalue weighted by molar-refractivity contribution is 5.94. The van der Waals surface area contributed by atoms with Crippen LogP contribution in [0.3, 0.4) is 0 Å². The molecule has 30 heavy (non-hydrogen) atoms. The van der Waals surface area contributed by atoms with Gasteiger partial charge in [-0.05, 0) is 75.9 Å². The van der Waals surface area contributed by atoms with Gasteiger partial charge in [0.25, 0.3) is 5.91 Å². The van der Waals surface area contributed by atoms with E-state index in [4.69, 9.17) is 0 Å². The zero-order chi connectivity index (χ0) is 21.1. The molecule has 160 valence electrons. The van der Waals surface area contributed by atoms with Gasteiger partial charge in [0.15, 0.2) is 0 Å². The number of hydrogen-bond acceptors (Lipinski definition) is 2. The van der Waals surface area contributed by atoms with Gasteiger partial charge in [0.2, 0.25) is 5.91 Å². The highest BCUT2D eigenvalue weighted by Crippen LogP contribution is 2.26. The summed E-state index contributed by atoms with van der Waals surface area (Å²) in [7, 11) is 0. The van der Waals surface area contributed by atoms with Gasteiger partial charge in [0.05, 0.1) is 0 Å². The van der Waals surface area contributed by atoms with E-state index in [1.54, 1.807) is 0 Å². The molecule has 2 heterocycles. The number of rotatable bonds is 4. The van der Waals surface area contributed by atoms with Crippen LogP contribution in [0.4, 0.5) is 0 Å². The van der Waals surface area contributed by atoms with Gasteiger partial charge in [-0.15, -0.1) is 0 Å². The maximum atomic E-state index is 12.7. The number of aryl methyl sites for hydroxylation is 2. The quantitative estimate of drug-likeness (QED) is 0.817. The molecule has 0 spiro atoms. The van der Waals surface area contributed by atoms with Gasteiger partial charge in [0.1, 0.15) is 0 Å². The van der Waals surface area contributed by atoms with Crippen LogP contribution in [0.25, 0.3) is 5.69 Å². The van der Waals surface area contributed by atoms with Crippen molar-refractivity contribution < 1.29 is 9.59 Å². The van der Waals surface area contributed by atoms with E-state index in [1.165, 1.54) is 30.7 Å². The summed E-state index contributed by atoms with van der Waals surface area (Å²) in [5.41, 5.74) is 4.11. The molecule has 5 heteroatoms. The topological polar surface area (TPSA) is 54.3 Å². The van der Waals surface area contributed by atoms with Crippen LogP contribution in [0, 0.1) is 19.8 Å². The number of nitrogens with zero attached hydrogens (tertiary/aromatic N) is 2. The lowest BCUT2D eigenvalue weighted by Gasteiger charge is -2.35. The van der Waals surface area contributed by atoms with Crippen LogP contribution < -0.4 is 5.32 Å². The Hall–Kier alpha value is -2.56. The largest absolute Gasteiger partial charge is 0.349 e. The highest BCUT2D eigenvalue weighted by atomic mass is 16.2. The Bertz CT molecular complexity index is 866. The molecule has 1 saturated carbocycles. The number of benzene rings is 1. The van der Waals surface area contributed by atoms with Gasteiger partial charge in [-0.1, -0.05) is 19.3 Å². The molecule has 1 aliphatic heterocycles. The number of amides is 2. The minimum atomic E-state index is -0.0282. The molecule has 5 nitrogen and oxygen atoms in total. The van der Waals surface area contributed by atoms with E-state index in [-0.39, 0.29) is 17.9 Å². The van der Waals surface area contributed by atoms with Crippen LogP contribution >= 0.6 is 0 Å². The van der Waals surface area contributed by atoms with Crippen LogP contribution in [-0.2, 0) is 4.79 Å². The average Bonchev–Trinajstić information content (AvgIpc) is 3.12. The van der Waals surface area contributed by atoms with Gasteiger partial charge in [-0.25, -0.2) is 0 Å². The summed E-state index contributed by atoms with van der Waals surface area (Å²) in [6.07, 6.45) is 7.41. The van der Waals surface area contributed by atoms with E-state index in [0.29, 0.717) is 11.5 Å². The van der Waals surface area contributed by atoms with Crippen molar-refractivity contribution in [3.63, 3.8) is 0 Å². The maximum Gasteiger partial charge on any atom is 0.251 e. The fourth-order valence-corrected chi connectivity index (χ4v) is 4.96. The van der Waals surface area contributed by atoms with Gasteiger partial charge < -0.3 is 14.8 Å². The lowest BCUT2D eigenvalue weighted by Crippen LogP contribution is -2.48. The van der Waals surface area contributed by atoms with Gasteiger partial charge in [-0.2, -0.15) is 0 Å². The molecule has 0 atom stereocenters. The molecule has 2 amide bonds. The molecule has 1 aromatic heterocycles. The molecule has 2 aromatic rings. The summed E-state index contributed by atoms with van der Waals surface area (Å²) in [6, 6.07) is 12.1. The van der Waals surface area contributed by atoms with Crippen molar-refractivity contribution in [2.75, 3.05) is 13.1 Å². The zero-order valence-electron chi connectivity index (χ0n) is 18.2. The Kier molecular flexibility index (Phi) is 6.26. The van der Waals surface area contributed by atoms with Crippen molar-refractivity contribution in [3.05, 3.63) is 53.3 Å². The van der Waals surface area contributed by atoms with Gasteiger partial charge in [-0.3, -0.25) is 9.59 Å². The van der Waals surface area contributed by atoms with Crippen molar-refractivity contribution in [1.82, 2.24) is 14.8 Å². The molecule has 1 saturated heterocycles. The highest BCUT2D eigenvalue weighted by Gasteiger charge is 2.29. The SMILES string of the molecule is Cc1ccc(C)n1-c1ccc(C(=O)NC2CCN(C(=O)C3CCCCC3)CC2)cc1. The van der Waals surface area contributed by atoms with E-state index in [9.17, 15) is 9.59 Å². The number of likely N-dealkylation sites (tertiary alicyclic amines) is 1. The first-order valence-electron chi connectivity index (χ1n) is 11.4. The molecule has 2 aliphatic rings. The van der Waals surface area contributed by atoms with Crippen LogP contribution in [0.1, 0.15) is 66.7 Å². The molecule has 1 N–H and O–H groups in total. The third kappa shape index (κ3) is 4.45. The van der Waals surface area contributed by atoms with Gasteiger partial charge in [0, 0.05) is 47.7 Å². The first kappa shape index (κ1) is 20.7. The minimum Gasteiger partial charge on any atom is -0.349 e. The average molecular weight is 408 g/mol. The predicted molar refractivity (Wildman–Crippen MR) is 119 cm³/mol. The summed E-state index contributed by atoms with van der Waals surface area (Å²) in [5.74, 6) is 0.543. The number of nitrogens with one attached hydrogen (secondary N) is 1. The molecule has 0 bridgehead atoms. The number of aromatic nitrogens is 1. The first-order valence-corrected chi connectivity index (χ1v) is 11.4. The van der Waals surface area contributed by atoms with Crippen molar-refractivity contribution in [2.45, 2.75) is 64.8 Å². The van der Waals surface area contributed by atoms with Crippen molar-refractivity contribution in [1.29, 1.82) is 0 Å². The second kappa shape index (κ2) is 9.07. The van der Waals surface area contributed by atoms with Gasteiger partial charge >= 0.3 is 0 Å². The van der Waals surface area contributed by atoms with E-state index in [2.05, 4.69) is 35.9 Å². The van der Waals surface area contributed by atoms with E-state index in [1.807, 2.05) is 29.2 Å². The number of piperidine rings is 1. The van der Waals surface area contributed by atoms with Crippen LogP contribution in [0.5, 0.6) is 0 Å². The molecule has 2 fully saturated rings. The lowest BCUT2D eigenvalue weighted by molar-refractivity contribution is -0.137. The molecule has 1 aromatic carbocycles. The smallest absolute Gasteiger partial charge is 0.251 e. The second-order valence-corrected chi connectivity index (χ2v) is 8.91. The second-order valence-electron chi connectivity index (χ2n) is 8.91. The lowest BCUT2D eigenvalue weighted by atomic mass is 9.87. The normalized spacial score (nSPS) is 18.4. The summed E-state index contributed by atoms with van der Waals surface area (Å²) < 4.78 is 2.18. The molecular formula is C25H33N3O2. The number of carbonyl (C=O) groups is 2. The maximum absolute atomic E-state index is 12.7. The molecule has 4 rings (SSSR count). The minimum absolute atomic E-state index is 0.0282. The van der Waals surface area contributed by atoms with Crippen molar-refractivity contribution in [2.24, 2.45) is 5.92 Å². The molecule has 0 radical (unpaired) electrons. The molecule has 1 aliphatic carbocycles. The Balaban J connectivity index is 1.30. The first-order chi connectivity index (χ1) is 14.5. The predicted octanol–water partition coefficient (Wildman–Crippen LogP) is 4.40. The summed E-state index contributed by atoms with van der Waals surface area (Å²) in [6.45, 7) is 5.68. The van der Waals surface area contributed by atoms with E-state index in [0.717, 1.165) is 44.5 Å². The van der Waals surface area contributed by atoms with Crippen molar-refractivity contribution >= 4 is 11.8 Å². The third-order valence-corrected chi connectivity index (χ3v) is 6.76.